The Hall–Kier alpha value is -2.76. The normalized spacial score (nSPS) is 11.7. The molecular weight excluding hydrogens is 272 g/mol. The van der Waals surface area contributed by atoms with Crippen LogP contribution < -0.4 is 5.56 Å². The third kappa shape index (κ3) is 3.05. The van der Waals surface area contributed by atoms with Crippen LogP contribution in [0.3, 0.4) is 0 Å². The highest BCUT2D eigenvalue weighted by Gasteiger charge is 2.19. The van der Waals surface area contributed by atoms with Crippen LogP contribution in [0, 0.1) is 0 Å². The monoisotopic (exact) mass is 286 g/mol. The van der Waals surface area contributed by atoms with E-state index in [2.05, 4.69) is 4.98 Å². The van der Waals surface area contributed by atoms with Gasteiger partial charge >= 0.3 is 5.97 Å². The van der Waals surface area contributed by atoms with Crippen molar-refractivity contribution in [2.45, 2.75) is 13.0 Å². The van der Waals surface area contributed by atoms with Crippen LogP contribution in [0.2, 0.25) is 0 Å². The first-order chi connectivity index (χ1) is 10.2. The zero-order valence-electron chi connectivity index (χ0n) is 11.4. The molecule has 0 aliphatic heterocycles. The zero-order chi connectivity index (χ0) is 15.2. The summed E-state index contributed by atoms with van der Waals surface area (Å²) in [5.41, 5.74) is -0.163. The molecule has 6 heteroatoms. The van der Waals surface area contributed by atoms with E-state index in [1.165, 1.54) is 6.33 Å². The molecule has 1 heterocycles. The summed E-state index contributed by atoms with van der Waals surface area (Å²) >= 11 is 0. The summed E-state index contributed by atoms with van der Waals surface area (Å²) < 4.78 is 5.92. The van der Waals surface area contributed by atoms with Gasteiger partial charge in [0.05, 0.1) is 12.9 Å². The standard InChI is InChI=1S/C15H14N2O4/c1-2-21-15(20)12-8-16-10-17(14(12)19)13(9-18)11-6-4-3-5-7-11/h3-10,13H,2H2,1H3. The maximum Gasteiger partial charge on any atom is 0.345 e. The second-order valence-corrected chi connectivity index (χ2v) is 4.23. The van der Waals surface area contributed by atoms with Crippen LogP contribution in [0.25, 0.3) is 0 Å². The Bertz CT molecular complexity index is 694. The van der Waals surface area contributed by atoms with Gasteiger partial charge in [-0.15, -0.1) is 0 Å². The molecule has 108 valence electrons. The Morgan fingerprint density at radius 2 is 2.10 bits per heavy atom. The molecule has 2 aromatic rings. The Labute approximate surface area is 121 Å². The second kappa shape index (κ2) is 6.60. The molecule has 0 aliphatic carbocycles. The van der Waals surface area contributed by atoms with Crippen molar-refractivity contribution < 1.29 is 14.3 Å². The molecule has 0 amide bonds. The molecule has 1 unspecified atom stereocenters. The average Bonchev–Trinajstić information content (AvgIpc) is 2.51. The zero-order valence-corrected chi connectivity index (χ0v) is 11.4. The molecule has 0 saturated heterocycles. The molecule has 0 N–H and O–H groups in total. The van der Waals surface area contributed by atoms with Gasteiger partial charge in [-0.25, -0.2) is 9.78 Å². The number of hydrogen-bond acceptors (Lipinski definition) is 5. The number of rotatable bonds is 5. The summed E-state index contributed by atoms with van der Waals surface area (Å²) in [7, 11) is 0. The van der Waals surface area contributed by atoms with Crippen molar-refractivity contribution in [3.63, 3.8) is 0 Å². The van der Waals surface area contributed by atoms with E-state index in [1.54, 1.807) is 37.3 Å². The highest BCUT2D eigenvalue weighted by atomic mass is 16.5. The number of benzene rings is 1. The molecule has 0 fully saturated rings. The molecule has 2 rings (SSSR count). The molecule has 1 atom stereocenters. The first kappa shape index (κ1) is 14.6. The van der Waals surface area contributed by atoms with E-state index < -0.39 is 17.6 Å². The fourth-order valence-corrected chi connectivity index (χ4v) is 1.93. The van der Waals surface area contributed by atoms with Crippen molar-refractivity contribution in [1.29, 1.82) is 0 Å². The lowest BCUT2D eigenvalue weighted by Crippen LogP contribution is -2.31. The Kier molecular flexibility index (Phi) is 4.61. The third-order valence-electron chi connectivity index (χ3n) is 2.92. The molecule has 6 nitrogen and oxygen atoms in total. The van der Waals surface area contributed by atoms with E-state index in [4.69, 9.17) is 4.74 Å². The summed E-state index contributed by atoms with van der Waals surface area (Å²) in [6, 6.07) is 7.95. The third-order valence-corrected chi connectivity index (χ3v) is 2.92. The molecule has 0 saturated carbocycles. The maximum absolute atomic E-state index is 12.3. The van der Waals surface area contributed by atoms with Gasteiger partial charge in [0.15, 0.2) is 0 Å². The fourth-order valence-electron chi connectivity index (χ4n) is 1.93. The summed E-state index contributed by atoms with van der Waals surface area (Å²) in [6.45, 7) is 1.80. The number of ether oxygens (including phenoxy) is 1. The largest absolute Gasteiger partial charge is 0.462 e. The molecule has 0 spiro atoms. The summed E-state index contributed by atoms with van der Waals surface area (Å²) in [4.78, 5) is 39.2. The van der Waals surface area contributed by atoms with Gasteiger partial charge in [-0.2, -0.15) is 0 Å². The number of aldehydes is 1. The topological polar surface area (TPSA) is 78.3 Å². The lowest BCUT2D eigenvalue weighted by molar-refractivity contribution is -0.109. The van der Waals surface area contributed by atoms with Crippen molar-refractivity contribution in [2.24, 2.45) is 0 Å². The molecule has 0 bridgehead atoms. The quantitative estimate of drug-likeness (QED) is 0.610. The summed E-state index contributed by atoms with van der Waals surface area (Å²) in [5, 5.41) is 0. The van der Waals surface area contributed by atoms with Crippen LogP contribution in [0.5, 0.6) is 0 Å². The highest BCUT2D eigenvalue weighted by molar-refractivity contribution is 5.88. The van der Waals surface area contributed by atoms with Gasteiger partial charge in [0.2, 0.25) is 0 Å². The highest BCUT2D eigenvalue weighted by Crippen LogP contribution is 2.13. The van der Waals surface area contributed by atoms with Crippen molar-refractivity contribution in [3.05, 3.63) is 64.3 Å². The first-order valence-corrected chi connectivity index (χ1v) is 6.42. The number of carbonyl (C=O) groups is 2. The van der Waals surface area contributed by atoms with Crippen LogP contribution in [0.1, 0.15) is 28.9 Å². The van der Waals surface area contributed by atoms with Crippen LogP contribution in [0.15, 0.2) is 47.7 Å². The van der Waals surface area contributed by atoms with Gasteiger partial charge < -0.3 is 9.53 Å². The van der Waals surface area contributed by atoms with E-state index in [1.807, 2.05) is 0 Å². The minimum absolute atomic E-state index is 0.156. The minimum atomic E-state index is -0.833. The number of esters is 1. The molecule has 21 heavy (non-hydrogen) atoms. The fraction of sp³-hybridized carbons (Fsp3) is 0.200. The number of hydrogen-bond donors (Lipinski definition) is 0. The van der Waals surface area contributed by atoms with E-state index in [0.29, 0.717) is 11.8 Å². The van der Waals surface area contributed by atoms with Gasteiger partial charge in [0, 0.05) is 6.20 Å². The van der Waals surface area contributed by atoms with E-state index >= 15 is 0 Å². The first-order valence-electron chi connectivity index (χ1n) is 6.42. The number of nitrogens with zero attached hydrogens (tertiary/aromatic N) is 2. The second-order valence-electron chi connectivity index (χ2n) is 4.23. The SMILES string of the molecule is CCOC(=O)c1cncn(C(C=O)c2ccccc2)c1=O. The van der Waals surface area contributed by atoms with E-state index in [-0.39, 0.29) is 12.2 Å². The van der Waals surface area contributed by atoms with Gasteiger partial charge in [0.25, 0.3) is 5.56 Å². The van der Waals surface area contributed by atoms with Crippen LogP contribution in [-0.2, 0) is 9.53 Å². The summed E-state index contributed by atoms with van der Waals surface area (Å²) in [6.07, 6.45) is 3.01. The Balaban J connectivity index is 2.49. The molecule has 0 radical (unpaired) electrons. The molecule has 0 aliphatic rings. The van der Waals surface area contributed by atoms with Crippen LogP contribution in [0.4, 0.5) is 0 Å². The van der Waals surface area contributed by atoms with Gasteiger partial charge in [-0.05, 0) is 12.5 Å². The predicted octanol–water partition coefficient (Wildman–Crippen LogP) is 1.21. The Morgan fingerprint density at radius 3 is 2.71 bits per heavy atom. The van der Waals surface area contributed by atoms with Crippen molar-refractivity contribution in [3.8, 4) is 0 Å². The molecule has 1 aromatic heterocycles. The number of aromatic nitrogens is 2. The van der Waals surface area contributed by atoms with Crippen LogP contribution in [-0.4, -0.2) is 28.4 Å². The Morgan fingerprint density at radius 1 is 1.38 bits per heavy atom. The molecular formula is C15H14N2O4. The molecule has 1 aromatic carbocycles. The average molecular weight is 286 g/mol. The lowest BCUT2D eigenvalue weighted by Gasteiger charge is -2.14. The van der Waals surface area contributed by atoms with E-state index in [9.17, 15) is 14.4 Å². The van der Waals surface area contributed by atoms with Crippen molar-refractivity contribution >= 4 is 12.3 Å². The summed E-state index contributed by atoms with van der Waals surface area (Å²) in [5.74, 6) is -0.748. The van der Waals surface area contributed by atoms with Crippen molar-refractivity contribution in [1.82, 2.24) is 9.55 Å². The smallest absolute Gasteiger partial charge is 0.345 e. The number of carbonyl (C=O) groups excluding carboxylic acids is 2. The van der Waals surface area contributed by atoms with E-state index in [0.717, 1.165) is 10.8 Å². The van der Waals surface area contributed by atoms with Gasteiger partial charge in [0.1, 0.15) is 17.9 Å². The lowest BCUT2D eigenvalue weighted by atomic mass is 10.1. The maximum atomic E-state index is 12.3. The van der Waals surface area contributed by atoms with Gasteiger partial charge in [-0.1, -0.05) is 30.3 Å². The van der Waals surface area contributed by atoms with Crippen molar-refractivity contribution in [2.75, 3.05) is 6.61 Å². The predicted molar refractivity (Wildman–Crippen MR) is 75.1 cm³/mol. The minimum Gasteiger partial charge on any atom is -0.462 e. The van der Waals surface area contributed by atoms with Crippen LogP contribution >= 0.6 is 0 Å². The van der Waals surface area contributed by atoms with Gasteiger partial charge in [-0.3, -0.25) is 9.36 Å².